The molecule has 5 heteroatoms. The summed E-state index contributed by atoms with van der Waals surface area (Å²) in [7, 11) is 1.46. The summed E-state index contributed by atoms with van der Waals surface area (Å²) >= 11 is 0. The van der Waals surface area contributed by atoms with Gasteiger partial charge in [0.2, 0.25) is 0 Å². The van der Waals surface area contributed by atoms with Crippen LogP contribution in [0.2, 0.25) is 0 Å². The van der Waals surface area contributed by atoms with Gasteiger partial charge in [0.05, 0.1) is 12.7 Å². The Morgan fingerprint density at radius 2 is 2.19 bits per heavy atom. The van der Waals surface area contributed by atoms with Crippen molar-refractivity contribution in [3.05, 3.63) is 11.6 Å². The van der Waals surface area contributed by atoms with Crippen molar-refractivity contribution in [1.82, 2.24) is 0 Å². The smallest absolute Gasteiger partial charge is 0.164 e. The van der Waals surface area contributed by atoms with Crippen LogP contribution in [0.15, 0.2) is 11.6 Å². The van der Waals surface area contributed by atoms with Crippen LogP contribution in [-0.4, -0.2) is 53.6 Å². The minimum Gasteiger partial charge on any atom is -0.380 e. The zero-order chi connectivity index (χ0) is 15.5. The molecule has 0 bridgehead atoms. The maximum absolute atomic E-state index is 12.2. The topological polar surface area (TPSA) is 71.6 Å². The highest BCUT2D eigenvalue weighted by Gasteiger charge is 2.81. The maximum atomic E-state index is 12.2. The molecule has 2 heterocycles. The molecule has 1 saturated carbocycles. The van der Waals surface area contributed by atoms with Crippen LogP contribution in [0.4, 0.5) is 0 Å². The number of Topliss-reactive ketones (excluding diaryl/α,β-unsaturated/α-hetero) is 1. The number of epoxide rings is 2. The van der Waals surface area contributed by atoms with Crippen molar-refractivity contribution in [2.45, 2.75) is 69.0 Å². The Kier molecular flexibility index (Phi) is 3.34. The standard InChI is InChI=1S/C16H24O5/c1-10(2)5-6-12-14(3,21-12)16(18)13(19-4)11(17)7-8-15(16)9-20-15/h5,12-13,18H,6-9H2,1-4H3/t12?,13-,14+,15+,16+/m1/s1. The van der Waals surface area contributed by atoms with Gasteiger partial charge in [-0.05, 0) is 33.6 Å². The predicted molar refractivity (Wildman–Crippen MR) is 76.0 cm³/mol. The first-order valence-corrected chi connectivity index (χ1v) is 7.54. The summed E-state index contributed by atoms with van der Waals surface area (Å²) in [4.78, 5) is 12.2. The largest absolute Gasteiger partial charge is 0.380 e. The number of rotatable bonds is 4. The fraction of sp³-hybridized carbons (Fsp3) is 0.812. The van der Waals surface area contributed by atoms with Gasteiger partial charge in [-0.3, -0.25) is 4.79 Å². The fourth-order valence-corrected chi connectivity index (χ4v) is 3.80. The van der Waals surface area contributed by atoms with Crippen molar-refractivity contribution >= 4 is 5.78 Å². The van der Waals surface area contributed by atoms with Gasteiger partial charge in [0.1, 0.15) is 17.3 Å². The van der Waals surface area contributed by atoms with Crippen molar-refractivity contribution in [2.24, 2.45) is 0 Å². The summed E-state index contributed by atoms with van der Waals surface area (Å²) in [6.45, 7) is 6.39. The molecule has 0 radical (unpaired) electrons. The summed E-state index contributed by atoms with van der Waals surface area (Å²) in [5.41, 5.74) is -1.69. The molecule has 0 aromatic carbocycles. The van der Waals surface area contributed by atoms with Crippen LogP contribution in [0.25, 0.3) is 0 Å². The van der Waals surface area contributed by atoms with E-state index in [1.165, 1.54) is 12.7 Å². The van der Waals surface area contributed by atoms with Crippen molar-refractivity contribution in [3.63, 3.8) is 0 Å². The lowest BCUT2D eigenvalue weighted by Crippen LogP contribution is -2.69. The Labute approximate surface area is 125 Å². The van der Waals surface area contributed by atoms with Gasteiger partial charge in [-0.1, -0.05) is 11.6 Å². The molecule has 1 spiro atoms. The maximum Gasteiger partial charge on any atom is 0.164 e. The van der Waals surface area contributed by atoms with Crippen LogP contribution in [-0.2, 0) is 19.0 Å². The van der Waals surface area contributed by atoms with Crippen LogP contribution in [0.3, 0.4) is 0 Å². The minimum atomic E-state index is -1.41. The van der Waals surface area contributed by atoms with Crippen LogP contribution in [0, 0.1) is 0 Å². The number of allylic oxidation sites excluding steroid dienone is 1. The van der Waals surface area contributed by atoms with Crippen LogP contribution in [0.1, 0.15) is 40.0 Å². The highest BCUT2D eigenvalue weighted by molar-refractivity contribution is 5.87. The number of aliphatic hydroxyl groups is 1. The average molecular weight is 296 g/mol. The second kappa shape index (κ2) is 4.62. The third-order valence-corrected chi connectivity index (χ3v) is 5.31. The monoisotopic (exact) mass is 296 g/mol. The van der Waals surface area contributed by atoms with Crippen molar-refractivity contribution in [1.29, 1.82) is 0 Å². The Morgan fingerprint density at radius 1 is 1.52 bits per heavy atom. The molecule has 0 aromatic heterocycles. The molecule has 3 fully saturated rings. The summed E-state index contributed by atoms with van der Waals surface area (Å²) < 4.78 is 16.8. The molecule has 5 nitrogen and oxygen atoms in total. The lowest BCUT2D eigenvalue weighted by atomic mass is 9.65. The zero-order valence-corrected chi connectivity index (χ0v) is 13.1. The molecule has 1 unspecified atom stereocenters. The molecule has 2 saturated heterocycles. The van der Waals surface area contributed by atoms with Crippen molar-refractivity contribution < 1.29 is 24.1 Å². The Morgan fingerprint density at radius 3 is 2.71 bits per heavy atom. The lowest BCUT2D eigenvalue weighted by Gasteiger charge is -2.45. The van der Waals surface area contributed by atoms with E-state index in [0.717, 1.165) is 6.42 Å². The molecule has 3 aliphatic rings. The van der Waals surface area contributed by atoms with Gasteiger partial charge in [-0.25, -0.2) is 0 Å². The van der Waals surface area contributed by atoms with Gasteiger partial charge >= 0.3 is 0 Å². The van der Waals surface area contributed by atoms with Gasteiger partial charge in [0.25, 0.3) is 0 Å². The third-order valence-electron chi connectivity index (χ3n) is 5.31. The zero-order valence-electron chi connectivity index (χ0n) is 13.1. The Hall–Kier alpha value is -0.750. The van der Waals surface area contributed by atoms with E-state index < -0.39 is 22.9 Å². The first-order chi connectivity index (χ1) is 9.81. The summed E-state index contributed by atoms with van der Waals surface area (Å²) in [5, 5.41) is 11.4. The van der Waals surface area contributed by atoms with Crippen molar-refractivity contribution in [2.75, 3.05) is 13.7 Å². The van der Waals surface area contributed by atoms with E-state index in [0.29, 0.717) is 19.4 Å². The second-order valence-corrected chi connectivity index (χ2v) is 6.86. The van der Waals surface area contributed by atoms with E-state index in [1.54, 1.807) is 0 Å². The Bertz CT molecular complexity index is 491. The molecular weight excluding hydrogens is 272 g/mol. The van der Waals surface area contributed by atoms with Gasteiger partial charge in [0.15, 0.2) is 11.4 Å². The molecular formula is C16H24O5. The molecule has 118 valence electrons. The van der Waals surface area contributed by atoms with E-state index in [2.05, 4.69) is 6.08 Å². The van der Waals surface area contributed by atoms with Crippen LogP contribution >= 0.6 is 0 Å². The number of methoxy groups -OCH3 is 1. The number of hydrogen-bond donors (Lipinski definition) is 1. The van der Waals surface area contributed by atoms with E-state index in [9.17, 15) is 9.90 Å². The summed E-state index contributed by atoms with van der Waals surface area (Å²) in [6, 6.07) is 0. The Balaban J connectivity index is 1.90. The first-order valence-electron chi connectivity index (χ1n) is 7.54. The van der Waals surface area contributed by atoms with Gasteiger partial charge in [-0.15, -0.1) is 0 Å². The molecule has 21 heavy (non-hydrogen) atoms. The molecule has 0 amide bonds. The number of ether oxygens (including phenoxy) is 3. The predicted octanol–water partition coefficient (Wildman–Crippen LogP) is 1.38. The highest BCUT2D eigenvalue weighted by atomic mass is 16.7. The highest BCUT2D eigenvalue weighted by Crippen LogP contribution is 2.61. The summed E-state index contributed by atoms with van der Waals surface area (Å²) in [5.74, 6) is -0.0705. The molecule has 5 atom stereocenters. The molecule has 1 N–H and O–H groups in total. The SMILES string of the molecule is CO[C@@H]1C(=O)CC[C@]2(CO2)[C@@]1(O)[C@@]1(C)OC1CC=C(C)C. The van der Waals surface area contributed by atoms with Gasteiger partial charge in [-0.2, -0.15) is 0 Å². The van der Waals surface area contributed by atoms with Crippen LogP contribution < -0.4 is 0 Å². The quantitative estimate of drug-likeness (QED) is 0.627. The van der Waals surface area contributed by atoms with E-state index in [1.807, 2.05) is 20.8 Å². The molecule has 0 aromatic rings. The van der Waals surface area contributed by atoms with Crippen molar-refractivity contribution in [3.8, 4) is 0 Å². The number of carbonyl (C=O) groups is 1. The van der Waals surface area contributed by atoms with Gasteiger partial charge < -0.3 is 19.3 Å². The molecule has 1 aliphatic carbocycles. The first kappa shape index (κ1) is 15.2. The normalized spacial score (nSPS) is 48.3. The van der Waals surface area contributed by atoms with Gasteiger partial charge in [0, 0.05) is 13.5 Å². The van der Waals surface area contributed by atoms with Crippen LogP contribution in [0.5, 0.6) is 0 Å². The number of ketones is 1. The fourth-order valence-electron chi connectivity index (χ4n) is 3.80. The number of hydrogen-bond acceptors (Lipinski definition) is 5. The minimum absolute atomic E-state index is 0.0705. The average Bonchev–Trinajstić information content (AvgIpc) is 3.31. The third kappa shape index (κ3) is 1.95. The molecule has 3 rings (SSSR count). The lowest BCUT2D eigenvalue weighted by molar-refractivity contribution is -0.193. The van der Waals surface area contributed by atoms with E-state index in [-0.39, 0.29) is 11.9 Å². The van der Waals surface area contributed by atoms with E-state index >= 15 is 0 Å². The van der Waals surface area contributed by atoms with E-state index in [4.69, 9.17) is 14.2 Å². The molecule has 2 aliphatic heterocycles. The second-order valence-electron chi connectivity index (χ2n) is 6.86. The summed E-state index contributed by atoms with van der Waals surface area (Å²) in [6.07, 6.45) is 2.75. The number of carbonyl (C=O) groups excluding carboxylic acids is 1.